The van der Waals surface area contributed by atoms with Crippen LogP contribution in [0.15, 0.2) is 35.3 Å². The Labute approximate surface area is 206 Å². The van der Waals surface area contributed by atoms with Gasteiger partial charge < -0.3 is 20.3 Å². The van der Waals surface area contributed by atoms with Crippen molar-refractivity contribution < 1.29 is 4.74 Å². The molecule has 0 unspecified atom stereocenters. The van der Waals surface area contributed by atoms with Gasteiger partial charge in [-0.15, -0.1) is 24.0 Å². The van der Waals surface area contributed by atoms with Crippen molar-refractivity contribution in [1.29, 1.82) is 0 Å². The van der Waals surface area contributed by atoms with Gasteiger partial charge in [-0.25, -0.2) is 0 Å². The van der Waals surface area contributed by atoms with E-state index in [-0.39, 0.29) is 29.5 Å². The minimum atomic E-state index is 0. The van der Waals surface area contributed by atoms with E-state index >= 15 is 0 Å². The van der Waals surface area contributed by atoms with Crippen molar-refractivity contribution in [2.45, 2.75) is 51.2 Å². The molecule has 3 rings (SSSR count). The largest absolute Gasteiger partial charge is 0.375 e. The summed E-state index contributed by atoms with van der Waals surface area (Å²) in [5, 5.41) is 6.87. The predicted octanol–water partition coefficient (Wildman–Crippen LogP) is 3.33. The number of halogens is 1. The maximum atomic E-state index is 5.81. The summed E-state index contributed by atoms with van der Waals surface area (Å²) in [5.41, 5.74) is 1.43. The highest BCUT2D eigenvalue weighted by Gasteiger charge is 2.39. The summed E-state index contributed by atoms with van der Waals surface area (Å²) in [6, 6.07) is 10.3. The summed E-state index contributed by atoms with van der Waals surface area (Å²) in [7, 11) is 2.24. The Balaban J connectivity index is 0.00000341. The molecule has 176 valence electrons. The first-order valence-corrected chi connectivity index (χ1v) is 11.8. The molecule has 0 amide bonds. The van der Waals surface area contributed by atoms with Gasteiger partial charge in [0, 0.05) is 18.6 Å². The SMILES string of the molecule is CCNC(=NCC1(N2CCCCC2)CCN(C)CC1)NCCOCc1ccccc1.I. The molecule has 2 saturated heterocycles. The molecule has 0 aromatic heterocycles. The molecule has 1 aromatic carbocycles. The third kappa shape index (κ3) is 8.51. The van der Waals surface area contributed by atoms with Crippen molar-refractivity contribution in [2.24, 2.45) is 4.99 Å². The van der Waals surface area contributed by atoms with Gasteiger partial charge in [0.25, 0.3) is 0 Å². The fraction of sp³-hybridized carbons (Fsp3) is 0.708. The molecule has 0 saturated carbocycles. The first kappa shape index (κ1) is 26.4. The monoisotopic (exact) mass is 543 g/mol. The number of guanidine groups is 1. The van der Waals surface area contributed by atoms with E-state index in [1.807, 2.05) is 18.2 Å². The van der Waals surface area contributed by atoms with Crippen LogP contribution >= 0.6 is 24.0 Å². The van der Waals surface area contributed by atoms with Crippen molar-refractivity contribution in [3.05, 3.63) is 35.9 Å². The zero-order valence-electron chi connectivity index (χ0n) is 19.4. The lowest BCUT2D eigenvalue weighted by atomic mass is 9.84. The third-order valence-corrected chi connectivity index (χ3v) is 6.47. The number of rotatable bonds is 9. The Morgan fingerprint density at radius 1 is 1.03 bits per heavy atom. The number of aliphatic imine (C=N–C) groups is 1. The van der Waals surface area contributed by atoms with Gasteiger partial charge in [-0.05, 0) is 71.4 Å². The highest BCUT2D eigenvalue weighted by atomic mass is 127. The Morgan fingerprint density at radius 3 is 2.42 bits per heavy atom. The molecule has 2 aliphatic rings. The Hall–Kier alpha value is -0.900. The lowest BCUT2D eigenvalue weighted by Crippen LogP contribution is -2.58. The van der Waals surface area contributed by atoms with E-state index in [4.69, 9.17) is 9.73 Å². The van der Waals surface area contributed by atoms with Crippen LogP contribution in [0.1, 0.15) is 44.6 Å². The van der Waals surface area contributed by atoms with Crippen LogP contribution in [0, 0.1) is 0 Å². The average molecular weight is 544 g/mol. The van der Waals surface area contributed by atoms with Gasteiger partial charge in [-0.1, -0.05) is 36.8 Å². The third-order valence-electron chi connectivity index (χ3n) is 6.47. The standard InChI is InChI=1S/C24H41N5O.HI/c1-3-25-23(26-14-19-30-20-22-10-6-4-7-11-22)27-21-24(12-17-28(2)18-13-24)29-15-8-5-9-16-29;/h4,6-7,10-11H,3,5,8-9,12-21H2,1-2H3,(H2,25,26,27);1H. The molecule has 2 N–H and O–H groups in total. The number of nitrogens with one attached hydrogen (secondary N) is 2. The van der Waals surface area contributed by atoms with Gasteiger partial charge in [0.15, 0.2) is 5.96 Å². The lowest BCUT2D eigenvalue weighted by Gasteiger charge is -2.49. The van der Waals surface area contributed by atoms with Gasteiger partial charge in [-0.2, -0.15) is 0 Å². The van der Waals surface area contributed by atoms with Crippen molar-refractivity contribution in [3.8, 4) is 0 Å². The minimum Gasteiger partial charge on any atom is -0.375 e. The first-order chi connectivity index (χ1) is 14.7. The number of likely N-dealkylation sites (tertiary alicyclic amines) is 2. The number of hydrogen-bond acceptors (Lipinski definition) is 4. The van der Waals surface area contributed by atoms with Gasteiger partial charge in [-0.3, -0.25) is 9.89 Å². The lowest BCUT2D eigenvalue weighted by molar-refractivity contribution is 0.0208. The Bertz CT molecular complexity index is 628. The van der Waals surface area contributed by atoms with Crippen molar-refractivity contribution in [2.75, 3.05) is 59.5 Å². The maximum Gasteiger partial charge on any atom is 0.191 e. The van der Waals surface area contributed by atoms with Crippen LogP contribution in [-0.4, -0.2) is 80.8 Å². The van der Waals surface area contributed by atoms with Crippen LogP contribution in [0.5, 0.6) is 0 Å². The molecule has 31 heavy (non-hydrogen) atoms. The van der Waals surface area contributed by atoms with Gasteiger partial charge in [0.1, 0.15) is 0 Å². The molecule has 0 bridgehead atoms. The van der Waals surface area contributed by atoms with E-state index in [1.165, 1.54) is 63.8 Å². The molecule has 0 atom stereocenters. The minimum absolute atomic E-state index is 0. The second-order valence-corrected chi connectivity index (χ2v) is 8.74. The summed E-state index contributed by atoms with van der Waals surface area (Å²) in [4.78, 5) is 10.3. The van der Waals surface area contributed by atoms with Crippen LogP contribution in [-0.2, 0) is 11.3 Å². The van der Waals surface area contributed by atoms with Gasteiger partial charge in [0.05, 0.1) is 19.8 Å². The molecule has 7 heteroatoms. The molecular formula is C24H42IN5O. The van der Waals surface area contributed by atoms with Gasteiger partial charge in [0.2, 0.25) is 0 Å². The van der Waals surface area contributed by atoms with E-state index in [0.29, 0.717) is 13.2 Å². The van der Waals surface area contributed by atoms with E-state index in [9.17, 15) is 0 Å². The predicted molar refractivity (Wildman–Crippen MR) is 140 cm³/mol. The molecule has 2 fully saturated rings. The van der Waals surface area contributed by atoms with Crippen LogP contribution < -0.4 is 10.6 Å². The number of piperidine rings is 2. The number of hydrogen-bond donors (Lipinski definition) is 2. The normalized spacial score (nSPS) is 20.1. The fourth-order valence-electron chi connectivity index (χ4n) is 4.55. The molecule has 2 heterocycles. The van der Waals surface area contributed by atoms with Crippen LogP contribution in [0.2, 0.25) is 0 Å². The molecule has 6 nitrogen and oxygen atoms in total. The number of benzene rings is 1. The molecule has 0 spiro atoms. The highest BCUT2D eigenvalue weighted by molar-refractivity contribution is 14.0. The van der Waals surface area contributed by atoms with Crippen molar-refractivity contribution >= 4 is 29.9 Å². The summed E-state index contributed by atoms with van der Waals surface area (Å²) in [6.45, 7) is 10.8. The van der Waals surface area contributed by atoms with Crippen molar-refractivity contribution in [3.63, 3.8) is 0 Å². The maximum absolute atomic E-state index is 5.81. The summed E-state index contributed by atoms with van der Waals surface area (Å²) in [6.07, 6.45) is 6.47. The number of ether oxygens (including phenoxy) is 1. The zero-order valence-corrected chi connectivity index (χ0v) is 21.8. The topological polar surface area (TPSA) is 52.1 Å². The fourth-order valence-corrected chi connectivity index (χ4v) is 4.55. The molecule has 1 aromatic rings. The van der Waals surface area contributed by atoms with Crippen LogP contribution in [0.25, 0.3) is 0 Å². The second-order valence-electron chi connectivity index (χ2n) is 8.74. The first-order valence-electron chi connectivity index (χ1n) is 11.8. The quantitative estimate of drug-likeness (QED) is 0.217. The highest BCUT2D eigenvalue weighted by Crippen LogP contribution is 2.31. The van der Waals surface area contributed by atoms with E-state index in [1.54, 1.807) is 0 Å². The number of nitrogens with zero attached hydrogens (tertiary/aromatic N) is 3. The molecule has 0 aliphatic carbocycles. The molecule has 2 aliphatic heterocycles. The Kier molecular flexibility index (Phi) is 12.1. The Morgan fingerprint density at radius 2 is 1.74 bits per heavy atom. The summed E-state index contributed by atoms with van der Waals surface area (Å²) >= 11 is 0. The summed E-state index contributed by atoms with van der Waals surface area (Å²) in [5.74, 6) is 0.913. The van der Waals surface area contributed by atoms with E-state index < -0.39 is 0 Å². The summed E-state index contributed by atoms with van der Waals surface area (Å²) < 4.78 is 5.81. The molecule has 0 radical (unpaired) electrons. The average Bonchev–Trinajstić information content (AvgIpc) is 2.80. The smallest absolute Gasteiger partial charge is 0.191 e. The molecular weight excluding hydrogens is 501 g/mol. The zero-order chi connectivity index (χ0) is 21.1. The van der Waals surface area contributed by atoms with E-state index in [0.717, 1.165) is 25.6 Å². The van der Waals surface area contributed by atoms with Crippen molar-refractivity contribution in [1.82, 2.24) is 20.4 Å². The second kappa shape index (κ2) is 14.3. The van der Waals surface area contributed by atoms with E-state index in [2.05, 4.69) is 46.5 Å². The van der Waals surface area contributed by atoms with Crippen LogP contribution in [0.4, 0.5) is 0 Å². The van der Waals surface area contributed by atoms with Crippen LogP contribution in [0.3, 0.4) is 0 Å². The van der Waals surface area contributed by atoms with Gasteiger partial charge >= 0.3 is 0 Å².